The van der Waals surface area contributed by atoms with Crippen molar-refractivity contribution in [3.63, 3.8) is 0 Å². The van der Waals surface area contributed by atoms with Crippen molar-refractivity contribution in [1.29, 1.82) is 0 Å². The number of methoxy groups -OCH3 is 1. The van der Waals surface area contributed by atoms with Crippen LogP contribution >= 0.6 is 23.2 Å². The van der Waals surface area contributed by atoms with Crippen LogP contribution in [-0.2, 0) is 13.1 Å². The molecular weight excluding hydrogens is 385 g/mol. The smallest absolute Gasteiger partial charge is 0.257 e. The molecule has 0 aliphatic heterocycles. The molecule has 0 atom stereocenters. The van der Waals surface area contributed by atoms with Crippen LogP contribution in [0.2, 0.25) is 10.0 Å². The van der Waals surface area contributed by atoms with E-state index in [-0.39, 0.29) is 5.91 Å². The first-order valence-electron chi connectivity index (χ1n) is 8.31. The third kappa shape index (κ3) is 4.62. The minimum Gasteiger partial charge on any atom is -0.496 e. The average Bonchev–Trinajstić information content (AvgIpc) is 3.11. The molecule has 0 radical (unpaired) electrons. The van der Waals surface area contributed by atoms with E-state index in [0.29, 0.717) is 34.4 Å². The van der Waals surface area contributed by atoms with Crippen LogP contribution in [0.4, 0.5) is 0 Å². The second-order valence-electron chi connectivity index (χ2n) is 6.14. The highest BCUT2D eigenvalue weighted by atomic mass is 35.5. The van der Waals surface area contributed by atoms with Gasteiger partial charge in [0.1, 0.15) is 5.75 Å². The fraction of sp³-hybridized carbons (Fsp3) is 0.200. The summed E-state index contributed by atoms with van der Waals surface area (Å²) in [5.41, 5.74) is 2.29. The summed E-state index contributed by atoms with van der Waals surface area (Å²) in [6, 6.07) is 12.9. The van der Waals surface area contributed by atoms with Crippen molar-refractivity contribution in [2.45, 2.75) is 13.1 Å². The number of carbonyl (C=O) groups excluding carboxylic acids is 1. The molecule has 5 nitrogen and oxygen atoms in total. The van der Waals surface area contributed by atoms with E-state index in [1.54, 1.807) is 54.3 Å². The van der Waals surface area contributed by atoms with Crippen molar-refractivity contribution in [2.24, 2.45) is 0 Å². The summed E-state index contributed by atoms with van der Waals surface area (Å²) >= 11 is 12.3. The monoisotopic (exact) mass is 403 g/mol. The summed E-state index contributed by atoms with van der Waals surface area (Å²) in [7, 11) is 3.32. The zero-order valence-electron chi connectivity index (χ0n) is 15.0. The predicted molar refractivity (Wildman–Crippen MR) is 107 cm³/mol. The molecule has 3 rings (SSSR count). The maximum Gasteiger partial charge on any atom is 0.257 e. The van der Waals surface area contributed by atoms with Gasteiger partial charge in [0, 0.05) is 35.4 Å². The molecule has 1 heterocycles. The molecule has 140 valence electrons. The Hall–Kier alpha value is -2.50. The van der Waals surface area contributed by atoms with Gasteiger partial charge in [-0.3, -0.25) is 9.48 Å². The summed E-state index contributed by atoms with van der Waals surface area (Å²) in [5, 5.41) is 5.54. The van der Waals surface area contributed by atoms with Gasteiger partial charge in [-0.2, -0.15) is 5.10 Å². The van der Waals surface area contributed by atoms with Gasteiger partial charge < -0.3 is 9.64 Å². The number of rotatable bonds is 6. The van der Waals surface area contributed by atoms with Gasteiger partial charge in [0.15, 0.2) is 0 Å². The number of hydrogen-bond donors (Lipinski definition) is 0. The molecule has 0 N–H and O–H groups in total. The van der Waals surface area contributed by atoms with Crippen LogP contribution in [0.5, 0.6) is 5.75 Å². The van der Waals surface area contributed by atoms with Crippen LogP contribution in [0.1, 0.15) is 21.5 Å². The summed E-state index contributed by atoms with van der Waals surface area (Å²) in [6.45, 7) is 0.872. The maximum absolute atomic E-state index is 12.7. The van der Waals surface area contributed by atoms with Crippen LogP contribution in [0.25, 0.3) is 0 Å². The van der Waals surface area contributed by atoms with E-state index in [9.17, 15) is 4.79 Å². The van der Waals surface area contributed by atoms with Crippen molar-refractivity contribution in [3.8, 4) is 5.75 Å². The quantitative estimate of drug-likeness (QED) is 0.607. The third-order valence-corrected chi connectivity index (χ3v) is 4.77. The molecule has 0 spiro atoms. The first-order chi connectivity index (χ1) is 13.0. The molecule has 2 aromatic carbocycles. The molecule has 7 heteroatoms. The van der Waals surface area contributed by atoms with E-state index < -0.39 is 0 Å². The number of hydrogen-bond acceptors (Lipinski definition) is 3. The first-order valence-corrected chi connectivity index (χ1v) is 9.07. The van der Waals surface area contributed by atoms with E-state index in [1.165, 1.54) is 0 Å². The second kappa shape index (κ2) is 8.46. The lowest BCUT2D eigenvalue weighted by atomic mass is 10.2. The van der Waals surface area contributed by atoms with Crippen LogP contribution in [-0.4, -0.2) is 34.7 Å². The van der Waals surface area contributed by atoms with E-state index in [0.717, 1.165) is 11.1 Å². The minimum absolute atomic E-state index is 0.137. The van der Waals surface area contributed by atoms with Gasteiger partial charge in [-0.1, -0.05) is 41.4 Å². The molecule has 3 aromatic rings. The highest BCUT2D eigenvalue weighted by Crippen LogP contribution is 2.24. The lowest BCUT2D eigenvalue weighted by Crippen LogP contribution is -2.26. The van der Waals surface area contributed by atoms with Gasteiger partial charge in [0.05, 0.1) is 25.4 Å². The number of amides is 1. The van der Waals surface area contributed by atoms with Crippen molar-refractivity contribution in [2.75, 3.05) is 14.2 Å². The third-order valence-electron chi connectivity index (χ3n) is 4.17. The van der Waals surface area contributed by atoms with Crippen molar-refractivity contribution >= 4 is 29.1 Å². The van der Waals surface area contributed by atoms with Crippen LogP contribution in [0.3, 0.4) is 0 Å². The molecule has 0 fully saturated rings. The van der Waals surface area contributed by atoms with Gasteiger partial charge in [0.25, 0.3) is 5.91 Å². The zero-order chi connectivity index (χ0) is 19.4. The molecule has 0 bridgehead atoms. The number of benzene rings is 2. The first kappa shape index (κ1) is 19.3. The van der Waals surface area contributed by atoms with Crippen LogP contribution < -0.4 is 4.74 Å². The summed E-state index contributed by atoms with van der Waals surface area (Å²) in [6.07, 6.45) is 3.28. The van der Waals surface area contributed by atoms with Crippen molar-refractivity contribution in [3.05, 3.63) is 81.6 Å². The Kier molecular flexibility index (Phi) is 6.04. The predicted octanol–water partition coefficient (Wildman–Crippen LogP) is 4.52. The van der Waals surface area contributed by atoms with Crippen molar-refractivity contribution < 1.29 is 9.53 Å². The van der Waals surface area contributed by atoms with Crippen molar-refractivity contribution in [1.82, 2.24) is 14.7 Å². The van der Waals surface area contributed by atoms with E-state index >= 15 is 0 Å². The fourth-order valence-electron chi connectivity index (χ4n) is 2.78. The number of ether oxygens (including phenoxy) is 1. The molecule has 1 amide bonds. The summed E-state index contributed by atoms with van der Waals surface area (Å²) in [5.74, 6) is 0.552. The van der Waals surface area contributed by atoms with Crippen LogP contribution in [0.15, 0.2) is 54.9 Å². The lowest BCUT2D eigenvalue weighted by Gasteiger charge is -2.18. The average molecular weight is 404 g/mol. The standard InChI is InChI=1S/C20H19Cl2N3O2/c1-24(11-15-9-17(21)7-8-19(15)27-2)20(26)16-10-23-25(13-16)12-14-5-3-4-6-18(14)22/h3-10,13H,11-12H2,1-2H3. The van der Waals surface area contributed by atoms with Gasteiger partial charge in [-0.25, -0.2) is 0 Å². The topological polar surface area (TPSA) is 47.4 Å². The van der Waals surface area contributed by atoms with E-state index in [1.807, 2.05) is 24.3 Å². The fourth-order valence-corrected chi connectivity index (χ4v) is 3.17. The molecule has 0 unspecified atom stereocenters. The summed E-state index contributed by atoms with van der Waals surface area (Å²) in [4.78, 5) is 14.3. The Morgan fingerprint density at radius 3 is 2.70 bits per heavy atom. The number of carbonyl (C=O) groups is 1. The Morgan fingerprint density at radius 2 is 1.96 bits per heavy atom. The minimum atomic E-state index is -0.137. The Bertz CT molecular complexity index is 956. The molecule has 27 heavy (non-hydrogen) atoms. The maximum atomic E-state index is 12.7. The lowest BCUT2D eigenvalue weighted by molar-refractivity contribution is 0.0784. The molecular formula is C20H19Cl2N3O2. The normalized spacial score (nSPS) is 10.7. The SMILES string of the molecule is COc1ccc(Cl)cc1CN(C)C(=O)c1cnn(Cc2ccccc2Cl)c1. The van der Waals surface area contributed by atoms with Gasteiger partial charge in [-0.05, 0) is 29.8 Å². The molecule has 0 aliphatic rings. The second-order valence-corrected chi connectivity index (χ2v) is 6.98. The molecule has 0 aliphatic carbocycles. The van der Waals surface area contributed by atoms with Gasteiger partial charge in [-0.15, -0.1) is 0 Å². The highest BCUT2D eigenvalue weighted by Gasteiger charge is 2.16. The molecule has 0 saturated heterocycles. The molecule has 0 saturated carbocycles. The highest BCUT2D eigenvalue weighted by molar-refractivity contribution is 6.31. The number of nitrogens with zero attached hydrogens (tertiary/aromatic N) is 3. The Morgan fingerprint density at radius 1 is 1.19 bits per heavy atom. The van der Waals surface area contributed by atoms with E-state index in [4.69, 9.17) is 27.9 Å². The Balaban J connectivity index is 1.72. The molecule has 1 aromatic heterocycles. The Labute approximate surface area is 168 Å². The van der Waals surface area contributed by atoms with E-state index in [2.05, 4.69) is 5.10 Å². The number of aromatic nitrogens is 2. The summed E-state index contributed by atoms with van der Waals surface area (Å²) < 4.78 is 7.04. The number of halogens is 2. The van der Waals surface area contributed by atoms with Crippen LogP contribution in [0, 0.1) is 0 Å². The largest absolute Gasteiger partial charge is 0.496 e. The zero-order valence-corrected chi connectivity index (χ0v) is 16.5. The van der Waals surface area contributed by atoms with Gasteiger partial charge in [0.2, 0.25) is 0 Å². The van der Waals surface area contributed by atoms with Gasteiger partial charge >= 0.3 is 0 Å².